The molecule has 2 aromatic rings. The number of fused-ring (bicyclic) bond motifs is 3. The summed E-state index contributed by atoms with van der Waals surface area (Å²) in [4.78, 5) is 1.01. The van der Waals surface area contributed by atoms with Gasteiger partial charge < -0.3 is 0 Å². The lowest BCUT2D eigenvalue weighted by atomic mass is 10.1. The molecule has 3 rings (SSSR count). The van der Waals surface area contributed by atoms with Crippen LogP contribution in [0.3, 0.4) is 0 Å². The average Bonchev–Trinajstić information content (AvgIpc) is 2.59. The molecule has 0 N–H and O–H groups in total. The van der Waals surface area contributed by atoms with Crippen molar-refractivity contribution in [3.63, 3.8) is 0 Å². The highest BCUT2D eigenvalue weighted by Crippen LogP contribution is 2.42. The van der Waals surface area contributed by atoms with Crippen molar-refractivity contribution in [2.75, 3.05) is 0 Å². The minimum atomic E-state index is -3.34. The second kappa shape index (κ2) is 3.80. The lowest BCUT2D eigenvalue weighted by Crippen LogP contribution is -2.40. The quantitative estimate of drug-likeness (QED) is 0.645. The predicted octanol–water partition coefficient (Wildman–Crippen LogP) is 3.05. The Morgan fingerprint density at radius 1 is 0.842 bits per heavy atom. The molecule has 0 aliphatic carbocycles. The zero-order chi connectivity index (χ0) is 13.8. The van der Waals surface area contributed by atoms with E-state index in [2.05, 4.69) is 19.6 Å². The summed E-state index contributed by atoms with van der Waals surface area (Å²) in [6.45, 7) is 6.54. The van der Waals surface area contributed by atoms with Crippen LogP contribution in [-0.4, -0.2) is 16.5 Å². The molecule has 0 amide bonds. The van der Waals surface area contributed by atoms with Crippen LogP contribution < -0.4 is 5.19 Å². The van der Waals surface area contributed by atoms with Crippen LogP contribution in [0.4, 0.5) is 0 Å². The monoisotopic (exact) mass is 288 g/mol. The highest BCUT2D eigenvalue weighted by molar-refractivity contribution is 7.92. The second-order valence-electron chi connectivity index (χ2n) is 5.93. The van der Waals surface area contributed by atoms with Gasteiger partial charge in [0.1, 0.15) is 0 Å². The van der Waals surface area contributed by atoms with E-state index < -0.39 is 17.9 Å². The summed E-state index contributed by atoms with van der Waals surface area (Å²) < 4.78 is 25.5. The third-order valence-electron chi connectivity index (χ3n) is 3.56. The molecular weight excluding hydrogens is 272 g/mol. The molecule has 0 unspecified atom stereocenters. The lowest BCUT2D eigenvalue weighted by molar-refractivity contribution is 0.599. The Bertz CT molecular complexity index is 771. The van der Waals surface area contributed by atoms with E-state index in [-0.39, 0.29) is 0 Å². The molecular formula is C15H16O2SSi. The Balaban J connectivity index is 2.46. The number of rotatable bonds is 1. The third kappa shape index (κ3) is 1.70. The molecule has 0 saturated carbocycles. The molecule has 2 nitrogen and oxygen atoms in total. The van der Waals surface area contributed by atoms with E-state index >= 15 is 0 Å². The topological polar surface area (TPSA) is 34.1 Å². The Morgan fingerprint density at radius 2 is 1.47 bits per heavy atom. The first-order valence-corrected chi connectivity index (χ1v) is 11.3. The Labute approximate surface area is 115 Å². The van der Waals surface area contributed by atoms with Gasteiger partial charge in [0.15, 0.2) is 0 Å². The van der Waals surface area contributed by atoms with E-state index in [1.807, 2.05) is 30.3 Å². The average molecular weight is 288 g/mol. The first-order chi connectivity index (χ1) is 8.83. The fourth-order valence-corrected chi connectivity index (χ4v) is 7.17. The molecule has 4 heteroatoms. The molecule has 19 heavy (non-hydrogen) atoms. The fourth-order valence-electron chi connectivity index (χ4n) is 2.66. The van der Waals surface area contributed by atoms with Gasteiger partial charge in [-0.2, -0.15) is 0 Å². The van der Waals surface area contributed by atoms with Crippen molar-refractivity contribution < 1.29 is 8.42 Å². The van der Waals surface area contributed by atoms with Gasteiger partial charge in [0, 0.05) is 11.1 Å². The van der Waals surface area contributed by atoms with Crippen molar-refractivity contribution in [3.05, 3.63) is 42.5 Å². The van der Waals surface area contributed by atoms with Crippen molar-refractivity contribution in [2.24, 2.45) is 0 Å². The first-order valence-electron chi connectivity index (χ1n) is 6.31. The lowest BCUT2D eigenvalue weighted by Gasteiger charge is -2.20. The molecule has 1 heterocycles. The summed E-state index contributed by atoms with van der Waals surface area (Å²) in [6.07, 6.45) is 0. The third-order valence-corrected chi connectivity index (χ3v) is 7.68. The molecule has 0 fully saturated rings. The normalized spacial score (nSPS) is 15.9. The molecule has 98 valence electrons. The highest BCUT2D eigenvalue weighted by atomic mass is 32.2. The molecule has 1 aliphatic rings. The summed E-state index contributed by atoms with van der Waals surface area (Å²) in [5, 5.41) is 1.03. The van der Waals surface area contributed by atoms with Crippen molar-refractivity contribution in [1.82, 2.24) is 0 Å². The van der Waals surface area contributed by atoms with Gasteiger partial charge in [-0.25, -0.2) is 8.42 Å². The maximum absolute atomic E-state index is 12.8. The van der Waals surface area contributed by atoms with Crippen molar-refractivity contribution in [1.29, 1.82) is 0 Å². The molecule has 0 atom stereocenters. The molecule has 1 aliphatic heterocycles. The molecule has 0 bridgehead atoms. The van der Waals surface area contributed by atoms with Crippen molar-refractivity contribution in [3.8, 4) is 11.1 Å². The summed E-state index contributed by atoms with van der Waals surface area (Å²) in [5.41, 5.74) is 1.72. The fraction of sp³-hybridized carbons (Fsp3) is 0.200. The van der Waals surface area contributed by atoms with Gasteiger partial charge in [0.25, 0.3) is 0 Å². The smallest absolute Gasteiger partial charge is 0.207 e. The number of benzene rings is 2. The summed E-state index contributed by atoms with van der Waals surface area (Å²) in [6, 6.07) is 13.2. The van der Waals surface area contributed by atoms with Gasteiger partial charge in [0.2, 0.25) is 9.84 Å². The largest absolute Gasteiger partial charge is 0.218 e. The van der Waals surface area contributed by atoms with Crippen LogP contribution in [-0.2, 0) is 9.84 Å². The van der Waals surface area contributed by atoms with Gasteiger partial charge >= 0.3 is 0 Å². The SMILES string of the molecule is C[Si](C)(C)c1cccc2c1S(=O)(=O)c1ccccc1-2. The minimum Gasteiger partial charge on any atom is -0.218 e. The molecule has 2 aromatic carbocycles. The standard InChI is InChI=1S/C15H16O2SSi/c1-19(2,3)14-10-6-8-12-11-7-4-5-9-13(11)18(16,17)15(12)14/h4-10H,1-3H3. The van der Waals surface area contributed by atoms with Gasteiger partial charge in [-0.1, -0.05) is 56.0 Å². The van der Waals surface area contributed by atoms with Crippen molar-refractivity contribution >= 4 is 23.1 Å². The van der Waals surface area contributed by atoms with Crippen LogP contribution in [0.1, 0.15) is 0 Å². The zero-order valence-corrected chi connectivity index (χ0v) is 13.1. The summed E-state index contributed by atoms with van der Waals surface area (Å²) >= 11 is 0. The molecule has 0 radical (unpaired) electrons. The van der Waals surface area contributed by atoms with Crippen LogP contribution in [0.2, 0.25) is 19.6 Å². The van der Waals surface area contributed by atoms with Crippen LogP contribution in [0.15, 0.2) is 52.3 Å². The Hall–Kier alpha value is -1.39. The van der Waals surface area contributed by atoms with Crippen LogP contribution in [0.25, 0.3) is 11.1 Å². The Morgan fingerprint density at radius 3 is 2.16 bits per heavy atom. The summed E-state index contributed by atoms with van der Waals surface area (Å²) in [5.74, 6) is 0. The van der Waals surface area contributed by atoms with Crippen LogP contribution in [0, 0.1) is 0 Å². The molecule has 0 spiro atoms. The number of hydrogen-bond acceptors (Lipinski definition) is 2. The molecule has 0 saturated heterocycles. The van der Waals surface area contributed by atoms with E-state index in [1.54, 1.807) is 12.1 Å². The Kier molecular flexibility index (Phi) is 2.53. The van der Waals surface area contributed by atoms with E-state index in [0.29, 0.717) is 9.79 Å². The first kappa shape index (κ1) is 12.6. The van der Waals surface area contributed by atoms with E-state index in [9.17, 15) is 8.42 Å². The second-order valence-corrected chi connectivity index (χ2v) is 12.8. The highest BCUT2D eigenvalue weighted by Gasteiger charge is 2.37. The maximum atomic E-state index is 12.8. The minimum absolute atomic E-state index is 0.454. The van der Waals surface area contributed by atoms with Gasteiger partial charge in [-0.15, -0.1) is 0 Å². The predicted molar refractivity (Wildman–Crippen MR) is 80.3 cm³/mol. The van der Waals surface area contributed by atoms with E-state index in [0.717, 1.165) is 16.3 Å². The number of sulfone groups is 1. The number of hydrogen-bond donors (Lipinski definition) is 0. The van der Waals surface area contributed by atoms with Crippen LogP contribution >= 0.6 is 0 Å². The van der Waals surface area contributed by atoms with E-state index in [1.165, 1.54) is 0 Å². The zero-order valence-electron chi connectivity index (χ0n) is 11.3. The summed E-state index contributed by atoms with van der Waals surface area (Å²) in [7, 11) is -5.04. The van der Waals surface area contributed by atoms with Crippen molar-refractivity contribution in [2.45, 2.75) is 29.4 Å². The van der Waals surface area contributed by atoms with Crippen LogP contribution in [0.5, 0.6) is 0 Å². The van der Waals surface area contributed by atoms with E-state index in [4.69, 9.17) is 0 Å². The van der Waals surface area contributed by atoms with Gasteiger partial charge in [-0.05, 0) is 11.3 Å². The maximum Gasteiger partial charge on any atom is 0.207 e. The molecule has 0 aromatic heterocycles. The van der Waals surface area contributed by atoms with Gasteiger partial charge in [-0.3, -0.25) is 0 Å². The van der Waals surface area contributed by atoms with Gasteiger partial charge in [0.05, 0.1) is 17.9 Å².